The third kappa shape index (κ3) is 3.57. The molecule has 1 aromatic heterocycles. The first-order valence-electron chi connectivity index (χ1n) is 6.61. The quantitative estimate of drug-likeness (QED) is 0.840. The summed E-state index contributed by atoms with van der Waals surface area (Å²) in [6.07, 6.45) is 9.57. The molecule has 0 spiro atoms. The van der Waals surface area contributed by atoms with Gasteiger partial charge in [0.1, 0.15) is 0 Å². The van der Waals surface area contributed by atoms with Gasteiger partial charge in [0.05, 0.1) is 6.20 Å². The zero-order chi connectivity index (χ0) is 13.0. The fraction of sp³-hybridized carbons (Fsp3) is 0.692. The summed E-state index contributed by atoms with van der Waals surface area (Å²) in [7, 11) is 1.86. The predicted molar refractivity (Wildman–Crippen MR) is 69.7 cm³/mol. The minimum atomic E-state index is -0.280. The molecule has 3 N–H and O–H groups in total. The van der Waals surface area contributed by atoms with Gasteiger partial charge < -0.3 is 11.1 Å². The zero-order valence-electron chi connectivity index (χ0n) is 11.0. The summed E-state index contributed by atoms with van der Waals surface area (Å²) in [5, 5.41) is 6.98. The molecule has 1 amide bonds. The van der Waals surface area contributed by atoms with Gasteiger partial charge in [-0.15, -0.1) is 0 Å². The maximum Gasteiger partial charge on any atom is 0.222 e. The van der Waals surface area contributed by atoms with Crippen LogP contribution < -0.4 is 11.1 Å². The van der Waals surface area contributed by atoms with E-state index < -0.39 is 0 Å². The Bertz CT molecular complexity index is 407. The van der Waals surface area contributed by atoms with Crippen molar-refractivity contribution in [3.63, 3.8) is 0 Å². The summed E-state index contributed by atoms with van der Waals surface area (Å²) in [6.45, 7) is 0.531. The highest BCUT2D eigenvalue weighted by Crippen LogP contribution is 2.28. The van der Waals surface area contributed by atoms with E-state index in [0.29, 0.717) is 13.0 Å². The molecule has 0 bridgehead atoms. The van der Waals surface area contributed by atoms with E-state index in [1.54, 1.807) is 10.9 Å². The number of hydrogen-bond acceptors (Lipinski definition) is 3. The molecule has 5 nitrogen and oxygen atoms in total. The number of nitrogens with one attached hydrogen (secondary N) is 1. The van der Waals surface area contributed by atoms with E-state index in [2.05, 4.69) is 10.4 Å². The number of carbonyl (C=O) groups excluding carboxylic acids is 1. The normalized spacial score (nSPS) is 18.6. The van der Waals surface area contributed by atoms with Crippen molar-refractivity contribution in [3.05, 3.63) is 18.0 Å². The van der Waals surface area contributed by atoms with Crippen LogP contribution in [0.25, 0.3) is 0 Å². The summed E-state index contributed by atoms with van der Waals surface area (Å²) < 4.78 is 1.73. The molecule has 0 aliphatic heterocycles. The van der Waals surface area contributed by atoms with Crippen LogP contribution in [0.1, 0.15) is 44.1 Å². The molecule has 1 saturated carbocycles. The topological polar surface area (TPSA) is 72.9 Å². The molecule has 18 heavy (non-hydrogen) atoms. The van der Waals surface area contributed by atoms with Crippen LogP contribution in [0, 0.1) is 0 Å². The standard InChI is InChI=1S/C13H22N4O/c1-17-10-11(9-16-17)8-15-12(18)7-13(14)5-3-2-4-6-13/h9-10H,2-8,14H2,1H3,(H,15,18). The van der Waals surface area contributed by atoms with Crippen molar-refractivity contribution in [2.45, 2.75) is 50.6 Å². The summed E-state index contributed by atoms with van der Waals surface area (Å²) in [4.78, 5) is 11.9. The van der Waals surface area contributed by atoms with E-state index in [4.69, 9.17) is 5.73 Å². The Morgan fingerprint density at radius 2 is 2.22 bits per heavy atom. The van der Waals surface area contributed by atoms with E-state index >= 15 is 0 Å². The van der Waals surface area contributed by atoms with Crippen LogP contribution in [0.3, 0.4) is 0 Å². The lowest BCUT2D eigenvalue weighted by Gasteiger charge is -2.32. The van der Waals surface area contributed by atoms with Crippen molar-refractivity contribution in [2.75, 3.05) is 0 Å². The number of aromatic nitrogens is 2. The van der Waals surface area contributed by atoms with E-state index in [9.17, 15) is 4.79 Å². The maximum atomic E-state index is 11.9. The van der Waals surface area contributed by atoms with Crippen molar-refractivity contribution in [3.8, 4) is 0 Å². The number of amides is 1. The first-order valence-corrected chi connectivity index (χ1v) is 6.61. The largest absolute Gasteiger partial charge is 0.352 e. The minimum absolute atomic E-state index is 0.0447. The third-order valence-corrected chi connectivity index (χ3v) is 3.61. The van der Waals surface area contributed by atoms with Gasteiger partial charge in [-0.05, 0) is 12.8 Å². The molecule has 1 aliphatic carbocycles. The van der Waals surface area contributed by atoms with Crippen LogP contribution >= 0.6 is 0 Å². The molecule has 0 aromatic carbocycles. The molecule has 100 valence electrons. The zero-order valence-corrected chi connectivity index (χ0v) is 11.0. The van der Waals surface area contributed by atoms with Crippen molar-refractivity contribution in [1.82, 2.24) is 15.1 Å². The minimum Gasteiger partial charge on any atom is -0.352 e. The van der Waals surface area contributed by atoms with Gasteiger partial charge in [0.25, 0.3) is 0 Å². The van der Waals surface area contributed by atoms with Crippen LogP contribution in [0.5, 0.6) is 0 Å². The van der Waals surface area contributed by atoms with Crippen LogP contribution in [0.15, 0.2) is 12.4 Å². The van der Waals surface area contributed by atoms with Gasteiger partial charge in [-0.1, -0.05) is 19.3 Å². The highest BCUT2D eigenvalue weighted by Gasteiger charge is 2.29. The Hall–Kier alpha value is -1.36. The predicted octanol–water partition coefficient (Wildman–Crippen LogP) is 1.09. The van der Waals surface area contributed by atoms with Crippen LogP contribution in [-0.4, -0.2) is 21.2 Å². The molecule has 1 heterocycles. The lowest BCUT2D eigenvalue weighted by atomic mass is 9.80. The Morgan fingerprint density at radius 3 is 2.83 bits per heavy atom. The fourth-order valence-corrected chi connectivity index (χ4v) is 2.58. The average molecular weight is 250 g/mol. The second-order valence-electron chi connectivity index (χ2n) is 5.40. The molecule has 0 radical (unpaired) electrons. The van der Waals surface area contributed by atoms with Gasteiger partial charge in [0, 0.05) is 37.3 Å². The smallest absolute Gasteiger partial charge is 0.222 e. The molecular weight excluding hydrogens is 228 g/mol. The first kappa shape index (κ1) is 13.1. The highest BCUT2D eigenvalue weighted by molar-refractivity contribution is 5.77. The molecule has 5 heteroatoms. The van der Waals surface area contributed by atoms with Crippen LogP contribution in [0.4, 0.5) is 0 Å². The van der Waals surface area contributed by atoms with Gasteiger partial charge in [0.15, 0.2) is 0 Å². The Labute approximate surface area is 108 Å². The van der Waals surface area contributed by atoms with Gasteiger partial charge >= 0.3 is 0 Å². The van der Waals surface area contributed by atoms with Gasteiger partial charge in [-0.2, -0.15) is 5.10 Å². The highest BCUT2D eigenvalue weighted by atomic mass is 16.1. The lowest BCUT2D eigenvalue weighted by Crippen LogP contribution is -2.45. The lowest BCUT2D eigenvalue weighted by molar-refractivity contribution is -0.122. The SMILES string of the molecule is Cn1cc(CNC(=O)CC2(N)CCCCC2)cn1. The van der Waals surface area contributed by atoms with E-state index in [1.165, 1.54) is 6.42 Å². The summed E-state index contributed by atoms with van der Waals surface area (Å²) in [6, 6.07) is 0. The van der Waals surface area contributed by atoms with Crippen molar-refractivity contribution >= 4 is 5.91 Å². The van der Waals surface area contributed by atoms with Crippen LogP contribution in [0.2, 0.25) is 0 Å². The molecule has 1 aliphatic rings. The van der Waals surface area contributed by atoms with Gasteiger partial charge in [-0.3, -0.25) is 9.48 Å². The second kappa shape index (κ2) is 5.52. The molecule has 0 unspecified atom stereocenters. The Kier molecular flexibility index (Phi) is 4.01. The number of nitrogens with two attached hydrogens (primary N) is 1. The second-order valence-corrected chi connectivity index (χ2v) is 5.40. The van der Waals surface area contributed by atoms with Crippen molar-refractivity contribution in [1.29, 1.82) is 0 Å². The average Bonchev–Trinajstić information content (AvgIpc) is 2.73. The number of rotatable bonds is 4. The molecule has 0 atom stereocenters. The Balaban J connectivity index is 1.78. The van der Waals surface area contributed by atoms with Gasteiger partial charge in [-0.25, -0.2) is 0 Å². The van der Waals surface area contributed by atoms with Crippen molar-refractivity contribution in [2.24, 2.45) is 12.8 Å². The van der Waals surface area contributed by atoms with E-state index in [-0.39, 0.29) is 11.4 Å². The Morgan fingerprint density at radius 1 is 1.50 bits per heavy atom. The summed E-state index contributed by atoms with van der Waals surface area (Å²) >= 11 is 0. The first-order chi connectivity index (χ1) is 8.57. The maximum absolute atomic E-state index is 11.9. The van der Waals surface area contributed by atoms with Gasteiger partial charge in [0.2, 0.25) is 5.91 Å². The number of aryl methyl sites for hydroxylation is 1. The molecule has 2 rings (SSSR count). The molecule has 0 saturated heterocycles. The number of hydrogen-bond donors (Lipinski definition) is 2. The number of nitrogens with zero attached hydrogens (tertiary/aromatic N) is 2. The van der Waals surface area contributed by atoms with Crippen molar-refractivity contribution < 1.29 is 4.79 Å². The monoisotopic (exact) mass is 250 g/mol. The summed E-state index contributed by atoms with van der Waals surface area (Å²) in [5.41, 5.74) is 6.99. The van der Waals surface area contributed by atoms with E-state index in [1.807, 2.05) is 13.2 Å². The van der Waals surface area contributed by atoms with Crippen LogP contribution in [-0.2, 0) is 18.4 Å². The molecular formula is C13H22N4O. The number of carbonyl (C=O) groups is 1. The fourth-order valence-electron chi connectivity index (χ4n) is 2.58. The summed E-state index contributed by atoms with van der Waals surface area (Å²) in [5.74, 6) is 0.0447. The van der Waals surface area contributed by atoms with E-state index in [0.717, 1.165) is 31.2 Å². The molecule has 1 aromatic rings. The third-order valence-electron chi connectivity index (χ3n) is 3.61. The molecule has 1 fully saturated rings.